The van der Waals surface area contributed by atoms with E-state index < -0.39 is 24.1 Å². The fourth-order valence-electron chi connectivity index (χ4n) is 6.75. The third-order valence-corrected chi connectivity index (χ3v) is 9.56. The standard InChI is InChI=1S/C40H49N5O7/c1-27(2)21-34(43-40(49)37-25-30-24-31(11-12-36(30)52-37)51-20-17-44-15-18-50-19-16-44)39(48)42-33-10-6-14-45(26-35(33)46)38(47)23-28-7-5-8-29(22-28)32-9-3-4-13-41-32/h3-5,7-9,11-13,22,24-25,27,33-35,46H,6,10,14-21,23,26H2,1-2H3,(H,42,48)(H,43,49)/t33-,34-,35-/m0/s1. The fraction of sp³-hybridized carbons (Fsp3) is 0.450. The first-order valence-electron chi connectivity index (χ1n) is 18.3. The quantitative estimate of drug-likeness (QED) is 0.187. The lowest BCUT2D eigenvalue weighted by molar-refractivity contribution is -0.131. The van der Waals surface area contributed by atoms with E-state index in [-0.39, 0.29) is 36.5 Å². The van der Waals surface area contributed by atoms with Crippen molar-refractivity contribution in [1.82, 2.24) is 25.4 Å². The Morgan fingerprint density at radius 3 is 2.65 bits per heavy atom. The molecule has 0 saturated carbocycles. The van der Waals surface area contributed by atoms with Crippen molar-refractivity contribution in [2.24, 2.45) is 5.92 Å². The van der Waals surface area contributed by atoms with Crippen LogP contribution in [0, 0.1) is 5.92 Å². The number of aliphatic hydroxyl groups is 1. The maximum absolute atomic E-state index is 13.6. The molecule has 276 valence electrons. The van der Waals surface area contributed by atoms with Crippen LogP contribution in [0.3, 0.4) is 0 Å². The van der Waals surface area contributed by atoms with Gasteiger partial charge >= 0.3 is 0 Å². The summed E-state index contributed by atoms with van der Waals surface area (Å²) in [6.07, 6.45) is 2.46. The van der Waals surface area contributed by atoms with Crippen molar-refractivity contribution >= 4 is 28.7 Å². The van der Waals surface area contributed by atoms with Gasteiger partial charge < -0.3 is 34.5 Å². The Bertz CT molecular complexity index is 1810. The first-order valence-corrected chi connectivity index (χ1v) is 18.3. The van der Waals surface area contributed by atoms with Crippen molar-refractivity contribution in [3.05, 3.63) is 84.3 Å². The Morgan fingerprint density at radius 2 is 1.87 bits per heavy atom. The molecule has 12 heteroatoms. The zero-order valence-corrected chi connectivity index (χ0v) is 30.0. The Kier molecular flexibility index (Phi) is 12.5. The summed E-state index contributed by atoms with van der Waals surface area (Å²) in [5.41, 5.74) is 3.17. The van der Waals surface area contributed by atoms with Gasteiger partial charge in [0.15, 0.2) is 5.76 Å². The van der Waals surface area contributed by atoms with Gasteiger partial charge in [-0.1, -0.05) is 38.1 Å². The van der Waals surface area contributed by atoms with E-state index in [4.69, 9.17) is 13.9 Å². The number of likely N-dealkylation sites (tertiary alicyclic amines) is 1. The number of β-amino-alcohol motifs (C(OH)–C–C–N with tert-alkyl or cyclic N) is 1. The van der Waals surface area contributed by atoms with Crippen LogP contribution >= 0.6 is 0 Å². The average molecular weight is 712 g/mol. The minimum absolute atomic E-state index is 0.0911. The molecule has 2 aliphatic rings. The molecule has 0 bridgehead atoms. The summed E-state index contributed by atoms with van der Waals surface area (Å²) in [6.45, 7) is 9.12. The lowest BCUT2D eigenvalue weighted by Gasteiger charge is -2.27. The second kappa shape index (κ2) is 17.6. The lowest BCUT2D eigenvalue weighted by atomic mass is 10.0. The summed E-state index contributed by atoms with van der Waals surface area (Å²) in [7, 11) is 0. The number of hydrogen-bond acceptors (Lipinski definition) is 9. The number of aliphatic hydroxyl groups excluding tert-OH is 1. The number of furan rings is 1. The maximum Gasteiger partial charge on any atom is 0.287 e. The Labute approximate surface area is 304 Å². The molecular weight excluding hydrogens is 662 g/mol. The Hall–Kier alpha value is -4.78. The van der Waals surface area contributed by atoms with Crippen LogP contribution in [0.2, 0.25) is 0 Å². The molecule has 3 N–H and O–H groups in total. The van der Waals surface area contributed by atoms with Gasteiger partial charge in [-0.25, -0.2) is 0 Å². The number of fused-ring (bicyclic) bond motifs is 1. The molecule has 2 fully saturated rings. The van der Waals surface area contributed by atoms with Crippen LogP contribution in [0.25, 0.3) is 22.2 Å². The smallest absolute Gasteiger partial charge is 0.287 e. The number of nitrogens with one attached hydrogen (secondary N) is 2. The number of rotatable bonds is 13. The largest absolute Gasteiger partial charge is 0.492 e. The molecule has 0 unspecified atom stereocenters. The van der Waals surface area contributed by atoms with Crippen LogP contribution in [0.5, 0.6) is 5.75 Å². The normalized spacial score (nSPS) is 18.9. The van der Waals surface area contributed by atoms with Crippen LogP contribution in [0.1, 0.15) is 49.2 Å². The van der Waals surface area contributed by atoms with Gasteiger partial charge in [0, 0.05) is 49.9 Å². The molecule has 2 saturated heterocycles. The van der Waals surface area contributed by atoms with Crippen molar-refractivity contribution in [3.8, 4) is 17.0 Å². The van der Waals surface area contributed by atoms with E-state index in [1.54, 1.807) is 23.2 Å². The van der Waals surface area contributed by atoms with E-state index in [0.717, 1.165) is 55.1 Å². The zero-order chi connectivity index (χ0) is 36.5. The first kappa shape index (κ1) is 37.0. The molecule has 6 rings (SSSR count). The van der Waals surface area contributed by atoms with Crippen LogP contribution in [0.15, 0.2) is 77.3 Å². The monoisotopic (exact) mass is 711 g/mol. The van der Waals surface area contributed by atoms with Crippen molar-refractivity contribution in [3.63, 3.8) is 0 Å². The third kappa shape index (κ3) is 9.96. The first-order chi connectivity index (χ1) is 25.2. The molecule has 2 aromatic heterocycles. The number of morpholine rings is 1. The van der Waals surface area contributed by atoms with E-state index in [1.807, 2.05) is 68.4 Å². The molecule has 4 heterocycles. The molecule has 52 heavy (non-hydrogen) atoms. The fourth-order valence-corrected chi connectivity index (χ4v) is 6.75. The molecule has 2 aromatic carbocycles. The number of amides is 3. The number of aromatic nitrogens is 1. The van der Waals surface area contributed by atoms with Gasteiger partial charge in [0.1, 0.15) is 24.0 Å². The summed E-state index contributed by atoms with van der Waals surface area (Å²) in [4.78, 5) is 48.8. The Morgan fingerprint density at radius 1 is 1.02 bits per heavy atom. The summed E-state index contributed by atoms with van der Waals surface area (Å²) in [5, 5.41) is 17.7. The van der Waals surface area contributed by atoms with Crippen LogP contribution in [-0.4, -0.2) is 108 Å². The highest BCUT2D eigenvalue weighted by molar-refractivity contribution is 5.99. The second-order valence-electron chi connectivity index (χ2n) is 14.0. The van der Waals surface area contributed by atoms with Gasteiger partial charge in [0.25, 0.3) is 5.91 Å². The zero-order valence-electron chi connectivity index (χ0n) is 30.0. The number of carbonyl (C=O) groups is 3. The molecule has 3 atom stereocenters. The minimum atomic E-state index is -0.966. The summed E-state index contributed by atoms with van der Waals surface area (Å²) in [5.74, 6) is -0.0980. The SMILES string of the molecule is CC(C)C[C@H](NC(=O)c1cc2cc(OCCN3CCOCC3)ccc2o1)C(=O)N[C@H]1CCCN(C(=O)Cc2cccc(-c3ccccn3)c2)C[C@@H]1O. The summed E-state index contributed by atoms with van der Waals surface area (Å²) >= 11 is 0. The maximum atomic E-state index is 13.6. The van der Waals surface area contributed by atoms with Gasteiger partial charge in [-0.15, -0.1) is 0 Å². The van der Waals surface area contributed by atoms with E-state index in [9.17, 15) is 19.5 Å². The second-order valence-corrected chi connectivity index (χ2v) is 14.0. The third-order valence-electron chi connectivity index (χ3n) is 9.56. The van der Waals surface area contributed by atoms with Crippen LogP contribution in [-0.2, 0) is 20.7 Å². The minimum Gasteiger partial charge on any atom is -0.492 e. The Balaban J connectivity index is 1.03. The number of nitrogens with zero attached hydrogens (tertiary/aromatic N) is 3. The predicted molar refractivity (Wildman–Crippen MR) is 197 cm³/mol. The van der Waals surface area contributed by atoms with Gasteiger partial charge in [0.2, 0.25) is 11.8 Å². The lowest BCUT2D eigenvalue weighted by Crippen LogP contribution is -2.54. The molecule has 4 aromatic rings. The molecule has 0 spiro atoms. The van der Waals surface area contributed by atoms with Crippen molar-refractivity contribution < 1.29 is 33.4 Å². The van der Waals surface area contributed by atoms with E-state index in [0.29, 0.717) is 43.7 Å². The number of ether oxygens (including phenoxy) is 2. The molecular formula is C40H49N5O7. The molecule has 0 aliphatic carbocycles. The summed E-state index contributed by atoms with van der Waals surface area (Å²) in [6, 6.07) is 19.1. The predicted octanol–water partition coefficient (Wildman–Crippen LogP) is 4.06. The molecule has 12 nitrogen and oxygen atoms in total. The van der Waals surface area contributed by atoms with Crippen molar-refractivity contribution in [1.29, 1.82) is 0 Å². The van der Waals surface area contributed by atoms with Crippen molar-refractivity contribution in [2.45, 2.75) is 57.7 Å². The number of benzene rings is 2. The molecule has 0 radical (unpaired) electrons. The number of pyridine rings is 1. The highest BCUT2D eigenvalue weighted by Crippen LogP contribution is 2.25. The summed E-state index contributed by atoms with van der Waals surface area (Å²) < 4.78 is 17.2. The highest BCUT2D eigenvalue weighted by atomic mass is 16.5. The van der Waals surface area contributed by atoms with E-state index in [1.165, 1.54) is 0 Å². The topological polar surface area (TPSA) is 146 Å². The molecule has 3 amide bonds. The van der Waals surface area contributed by atoms with Gasteiger partial charge in [0.05, 0.1) is 37.5 Å². The number of carbonyl (C=O) groups excluding carboxylic acids is 3. The van der Waals surface area contributed by atoms with Crippen LogP contribution in [0.4, 0.5) is 0 Å². The number of hydrogen-bond donors (Lipinski definition) is 3. The average Bonchev–Trinajstić information content (AvgIpc) is 3.49. The van der Waals surface area contributed by atoms with E-state index >= 15 is 0 Å². The van der Waals surface area contributed by atoms with Crippen molar-refractivity contribution in [2.75, 3.05) is 52.5 Å². The molecule has 2 aliphatic heterocycles. The van der Waals surface area contributed by atoms with Gasteiger partial charge in [-0.3, -0.25) is 24.3 Å². The van der Waals surface area contributed by atoms with Crippen LogP contribution < -0.4 is 15.4 Å². The van der Waals surface area contributed by atoms with Gasteiger partial charge in [-0.2, -0.15) is 0 Å². The van der Waals surface area contributed by atoms with Gasteiger partial charge in [-0.05, 0) is 73.2 Å². The highest BCUT2D eigenvalue weighted by Gasteiger charge is 2.32. The van der Waals surface area contributed by atoms with E-state index in [2.05, 4.69) is 20.5 Å².